The molecule has 2 rings (SSSR count). The molecule has 0 aliphatic carbocycles. The Morgan fingerprint density at radius 1 is 0.903 bits per heavy atom. The zero-order valence-electron chi connectivity index (χ0n) is 17.4. The van der Waals surface area contributed by atoms with Gasteiger partial charge >= 0.3 is 5.97 Å². The molecule has 0 amide bonds. The lowest BCUT2D eigenvalue weighted by Crippen LogP contribution is -2.27. The second kappa shape index (κ2) is 14.4. The molecule has 0 fully saturated rings. The largest absolute Gasteiger partial charge is 0.494 e. The van der Waals surface area contributed by atoms with E-state index in [0.717, 1.165) is 18.6 Å². The molecule has 0 atom stereocenters. The van der Waals surface area contributed by atoms with Crippen molar-refractivity contribution in [2.75, 3.05) is 13.7 Å². The van der Waals surface area contributed by atoms with E-state index in [9.17, 15) is 4.79 Å². The summed E-state index contributed by atoms with van der Waals surface area (Å²) in [6.07, 6.45) is 4.56. The van der Waals surface area contributed by atoms with Crippen molar-refractivity contribution in [3.63, 3.8) is 0 Å². The predicted molar refractivity (Wildman–Crippen MR) is 129 cm³/mol. The number of carbonyl (C=O) groups is 1. The zero-order valence-corrected chi connectivity index (χ0v) is 18.4. The molecule has 0 saturated carbocycles. The van der Waals surface area contributed by atoms with Gasteiger partial charge in [-0.1, -0.05) is 34.1 Å². The first-order valence-electron chi connectivity index (χ1n) is 9.94. The van der Waals surface area contributed by atoms with Crippen molar-refractivity contribution >= 4 is 14.3 Å². The third-order valence-corrected chi connectivity index (χ3v) is 7.44. The number of hydrogen-bond acceptors (Lipinski definition) is 5. The molecule has 0 aromatic heterocycles. The first kappa shape index (κ1) is 28.4. The Balaban J connectivity index is 0.00000450. The number of esters is 1. The SMILES string of the molecule is C.C.CO[Si](C)(C)CCCCCCOc1ccc(C(=O)Oc2ccc(C#N)cc2)cc1. The minimum atomic E-state index is -1.42. The van der Waals surface area contributed by atoms with Crippen LogP contribution in [0.25, 0.3) is 0 Å². The van der Waals surface area contributed by atoms with E-state index in [1.54, 1.807) is 48.5 Å². The highest BCUT2D eigenvalue weighted by Gasteiger charge is 2.19. The first-order valence-corrected chi connectivity index (χ1v) is 13.1. The molecule has 2 aromatic carbocycles. The zero-order chi connectivity index (χ0) is 21.1. The number of rotatable bonds is 11. The van der Waals surface area contributed by atoms with E-state index in [-0.39, 0.29) is 14.9 Å². The van der Waals surface area contributed by atoms with Crippen LogP contribution in [0.4, 0.5) is 0 Å². The van der Waals surface area contributed by atoms with Gasteiger partial charge in [-0.15, -0.1) is 0 Å². The van der Waals surface area contributed by atoms with Gasteiger partial charge in [-0.05, 0) is 74.1 Å². The summed E-state index contributed by atoms with van der Waals surface area (Å²) in [5, 5.41) is 8.80. The lowest BCUT2D eigenvalue weighted by Gasteiger charge is -2.19. The molecule has 31 heavy (non-hydrogen) atoms. The number of hydrogen-bond donors (Lipinski definition) is 0. The predicted octanol–water partition coefficient (Wildman–Crippen LogP) is 6.84. The minimum Gasteiger partial charge on any atom is -0.494 e. The summed E-state index contributed by atoms with van der Waals surface area (Å²) in [5.41, 5.74) is 0.971. The number of nitrogens with zero attached hydrogens (tertiary/aromatic N) is 1. The summed E-state index contributed by atoms with van der Waals surface area (Å²) in [6.45, 7) is 5.17. The lowest BCUT2D eigenvalue weighted by atomic mass is 10.2. The van der Waals surface area contributed by atoms with Gasteiger partial charge in [-0.2, -0.15) is 5.26 Å². The van der Waals surface area contributed by atoms with Crippen LogP contribution < -0.4 is 9.47 Å². The van der Waals surface area contributed by atoms with E-state index in [2.05, 4.69) is 13.1 Å². The molecule has 0 bridgehead atoms. The van der Waals surface area contributed by atoms with Gasteiger partial charge in [0.15, 0.2) is 8.32 Å². The summed E-state index contributed by atoms with van der Waals surface area (Å²) < 4.78 is 16.6. The summed E-state index contributed by atoms with van der Waals surface area (Å²) >= 11 is 0. The monoisotopic (exact) mass is 443 g/mol. The molecule has 0 saturated heterocycles. The number of unbranched alkanes of at least 4 members (excludes halogenated alkanes) is 3. The fraction of sp³-hybridized carbons (Fsp3) is 0.440. The van der Waals surface area contributed by atoms with Crippen molar-refractivity contribution in [2.45, 2.75) is 59.7 Å². The highest BCUT2D eigenvalue weighted by atomic mass is 28.4. The van der Waals surface area contributed by atoms with Gasteiger partial charge in [0.05, 0.1) is 23.8 Å². The maximum Gasteiger partial charge on any atom is 0.343 e. The van der Waals surface area contributed by atoms with Crippen molar-refractivity contribution in [1.29, 1.82) is 5.26 Å². The molecule has 0 heterocycles. The Labute approximate surface area is 189 Å². The molecule has 6 heteroatoms. The van der Waals surface area contributed by atoms with E-state index in [1.807, 2.05) is 13.2 Å². The molecule has 0 unspecified atom stereocenters. The Bertz CT molecular complexity index is 811. The number of ether oxygens (including phenoxy) is 2. The number of benzene rings is 2. The highest BCUT2D eigenvalue weighted by Crippen LogP contribution is 2.18. The molecule has 2 aromatic rings. The van der Waals surface area contributed by atoms with Gasteiger partial charge in [0.1, 0.15) is 11.5 Å². The quantitative estimate of drug-likeness (QED) is 0.165. The first-order chi connectivity index (χ1) is 13.9. The van der Waals surface area contributed by atoms with E-state index in [1.165, 1.54) is 18.9 Å². The van der Waals surface area contributed by atoms with Crippen molar-refractivity contribution in [2.24, 2.45) is 0 Å². The van der Waals surface area contributed by atoms with Crippen LogP contribution in [0.1, 0.15) is 56.5 Å². The summed E-state index contributed by atoms with van der Waals surface area (Å²) in [7, 11) is 0.393. The van der Waals surface area contributed by atoms with Crippen LogP contribution in [-0.2, 0) is 4.43 Å². The Kier molecular flexibility index (Phi) is 13.2. The number of carbonyl (C=O) groups excluding carboxylic acids is 1. The van der Waals surface area contributed by atoms with Crippen LogP contribution in [0.5, 0.6) is 11.5 Å². The van der Waals surface area contributed by atoms with Gasteiger partial charge < -0.3 is 13.9 Å². The van der Waals surface area contributed by atoms with Crippen molar-refractivity contribution in [1.82, 2.24) is 0 Å². The third kappa shape index (κ3) is 10.3. The Morgan fingerprint density at radius 3 is 2.06 bits per heavy atom. The van der Waals surface area contributed by atoms with Crippen molar-refractivity contribution < 1.29 is 18.7 Å². The lowest BCUT2D eigenvalue weighted by molar-refractivity contribution is 0.0734. The second-order valence-electron chi connectivity index (χ2n) is 7.53. The topological polar surface area (TPSA) is 68.6 Å². The molecule has 0 radical (unpaired) electrons. The third-order valence-electron chi connectivity index (χ3n) is 4.78. The summed E-state index contributed by atoms with van der Waals surface area (Å²) in [6, 6.07) is 16.6. The maximum absolute atomic E-state index is 12.2. The van der Waals surface area contributed by atoms with Crippen LogP contribution in [0.15, 0.2) is 48.5 Å². The van der Waals surface area contributed by atoms with Crippen LogP contribution in [-0.4, -0.2) is 28.0 Å². The van der Waals surface area contributed by atoms with Gasteiger partial charge in [-0.25, -0.2) is 4.79 Å². The van der Waals surface area contributed by atoms with Crippen LogP contribution in [0.3, 0.4) is 0 Å². The molecule has 170 valence electrons. The van der Waals surface area contributed by atoms with E-state index < -0.39 is 14.3 Å². The fourth-order valence-corrected chi connectivity index (χ4v) is 4.05. The Morgan fingerprint density at radius 2 is 1.48 bits per heavy atom. The Hall–Kier alpha value is -2.62. The molecule has 0 aliphatic heterocycles. The average molecular weight is 444 g/mol. The second-order valence-corrected chi connectivity index (χ2v) is 12.0. The van der Waals surface area contributed by atoms with Gasteiger partial charge in [0.25, 0.3) is 0 Å². The highest BCUT2D eigenvalue weighted by molar-refractivity contribution is 6.71. The smallest absolute Gasteiger partial charge is 0.343 e. The minimum absolute atomic E-state index is 0. The van der Waals surface area contributed by atoms with E-state index in [0.29, 0.717) is 23.5 Å². The van der Waals surface area contributed by atoms with Crippen LogP contribution in [0, 0.1) is 11.3 Å². The van der Waals surface area contributed by atoms with Gasteiger partial charge in [0.2, 0.25) is 0 Å². The van der Waals surface area contributed by atoms with E-state index >= 15 is 0 Å². The van der Waals surface area contributed by atoms with Crippen molar-refractivity contribution in [3.8, 4) is 17.6 Å². The van der Waals surface area contributed by atoms with Crippen LogP contribution in [0.2, 0.25) is 19.1 Å². The molecular formula is C25H37NO4Si. The maximum atomic E-state index is 12.2. The molecule has 0 spiro atoms. The normalized spacial score (nSPS) is 10.3. The molecule has 0 aliphatic rings. The number of nitriles is 1. The van der Waals surface area contributed by atoms with Crippen molar-refractivity contribution in [3.05, 3.63) is 59.7 Å². The van der Waals surface area contributed by atoms with E-state index in [4.69, 9.17) is 19.2 Å². The molecule has 5 nitrogen and oxygen atoms in total. The summed E-state index contributed by atoms with van der Waals surface area (Å²) in [5.74, 6) is 0.711. The van der Waals surface area contributed by atoms with Gasteiger partial charge in [0, 0.05) is 7.11 Å². The average Bonchev–Trinajstić information content (AvgIpc) is 2.74. The van der Waals surface area contributed by atoms with Gasteiger partial charge in [-0.3, -0.25) is 0 Å². The van der Waals surface area contributed by atoms with Crippen LogP contribution >= 0.6 is 0 Å². The fourth-order valence-electron chi connectivity index (χ4n) is 2.75. The standard InChI is InChI=1S/C23H29NO4Si.2CH4/c1-26-29(2,3)17-7-5-4-6-16-27-21-14-10-20(11-15-21)23(25)28-22-12-8-19(18-24)9-13-22;;/h8-15H,4-7,16-17H2,1-3H3;2*1H4. The molecular weight excluding hydrogens is 406 g/mol. The summed E-state index contributed by atoms with van der Waals surface area (Å²) in [4.78, 5) is 12.2. The molecule has 0 N–H and O–H groups in total.